The largest absolute Gasteiger partial charge is 0.468 e. The summed E-state index contributed by atoms with van der Waals surface area (Å²) in [5, 5.41) is 2.53. The second kappa shape index (κ2) is 8.40. The van der Waals surface area contributed by atoms with Crippen LogP contribution in [0.3, 0.4) is 0 Å². The molecule has 134 valence electrons. The van der Waals surface area contributed by atoms with Crippen LogP contribution in [0.1, 0.15) is 11.3 Å². The number of furan rings is 1. The molecule has 3 rings (SSSR count). The van der Waals surface area contributed by atoms with E-state index in [1.807, 2.05) is 41.3 Å². The number of nitrogens with one attached hydrogen (secondary N) is 1. The highest BCUT2D eigenvalue weighted by molar-refractivity contribution is 5.92. The fraction of sp³-hybridized carbons (Fsp3) is 0.150. The van der Waals surface area contributed by atoms with E-state index in [0.717, 1.165) is 29.5 Å². The van der Waals surface area contributed by atoms with Gasteiger partial charge in [-0.2, -0.15) is 0 Å². The molecule has 1 aromatic heterocycles. The molecule has 2 aromatic carbocycles. The molecule has 0 saturated heterocycles. The summed E-state index contributed by atoms with van der Waals surface area (Å²) < 4.78 is 31.9. The summed E-state index contributed by atoms with van der Waals surface area (Å²) in [4.78, 5) is 14.2. The first-order valence-corrected chi connectivity index (χ1v) is 8.13. The van der Waals surface area contributed by atoms with Gasteiger partial charge in [-0.15, -0.1) is 0 Å². The minimum absolute atomic E-state index is 0.0493. The SMILES string of the molecule is O=C(CN(Cc1ccccc1)Cc1ccco1)Nc1cc(F)cc(F)c1. The highest BCUT2D eigenvalue weighted by atomic mass is 19.1. The number of amides is 1. The van der Waals surface area contributed by atoms with Crippen molar-refractivity contribution in [2.45, 2.75) is 13.1 Å². The van der Waals surface area contributed by atoms with Gasteiger partial charge in [-0.25, -0.2) is 8.78 Å². The standard InChI is InChI=1S/C20H18F2N2O2/c21-16-9-17(22)11-18(10-16)23-20(25)14-24(13-19-7-4-8-26-19)12-15-5-2-1-3-6-15/h1-11H,12-14H2,(H,23,25). The van der Waals surface area contributed by atoms with Gasteiger partial charge in [-0.3, -0.25) is 9.69 Å². The normalized spacial score (nSPS) is 10.9. The van der Waals surface area contributed by atoms with Crippen molar-refractivity contribution in [1.82, 2.24) is 4.90 Å². The van der Waals surface area contributed by atoms with Gasteiger partial charge in [0, 0.05) is 18.3 Å². The average Bonchev–Trinajstić information content (AvgIpc) is 3.07. The maximum absolute atomic E-state index is 13.3. The van der Waals surface area contributed by atoms with E-state index in [-0.39, 0.29) is 18.1 Å². The number of benzene rings is 2. The number of carbonyl (C=O) groups excluding carboxylic acids is 1. The zero-order valence-corrected chi connectivity index (χ0v) is 14.0. The average molecular weight is 356 g/mol. The minimum Gasteiger partial charge on any atom is -0.468 e. The van der Waals surface area contributed by atoms with Crippen molar-refractivity contribution in [2.24, 2.45) is 0 Å². The lowest BCUT2D eigenvalue weighted by atomic mass is 10.2. The van der Waals surface area contributed by atoms with Crippen molar-refractivity contribution in [3.63, 3.8) is 0 Å². The molecule has 0 bridgehead atoms. The second-order valence-electron chi connectivity index (χ2n) is 5.92. The molecular formula is C20H18F2N2O2. The molecule has 0 saturated carbocycles. The minimum atomic E-state index is -0.739. The molecule has 6 heteroatoms. The molecule has 0 aliphatic rings. The first-order chi connectivity index (χ1) is 12.6. The van der Waals surface area contributed by atoms with Gasteiger partial charge in [0.15, 0.2) is 0 Å². The topological polar surface area (TPSA) is 45.5 Å². The van der Waals surface area contributed by atoms with Gasteiger partial charge in [-0.1, -0.05) is 30.3 Å². The number of carbonyl (C=O) groups is 1. The van der Waals surface area contributed by atoms with Crippen LogP contribution in [0.25, 0.3) is 0 Å². The van der Waals surface area contributed by atoms with Gasteiger partial charge in [-0.05, 0) is 29.8 Å². The van der Waals surface area contributed by atoms with Crippen LogP contribution in [0.5, 0.6) is 0 Å². The summed E-state index contributed by atoms with van der Waals surface area (Å²) in [6.45, 7) is 1.02. The van der Waals surface area contributed by atoms with E-state index in [1.165, 1.54) is 0 Å². The smallest absolute Gasteiger partial charge is 0.238 e. The number of halogens is 2. The predicted molar refractivity (Wildman–Crippen MR) is 94.3 cm³/mol. The van der Waals surface area contributed by atoms with Crippen LogP contribution >= 0.6 is 0 Å². The predicted octanol–water partition coefficient (Wildman–Crippen LogP) is 4.20. The summed E-state index contributed by atoms with van der Waals surface area (Å²) in [6, 6.07) is 16.2. The molecule has 26 heavy (non-hydrogen) atoms. The van der Waals surface area contributed by atoms with E-state index in [2.05, 4.69) is 5.32 Å². The van der Waals surface area contributed by atoms with E-state index >= 15 is 0 Å². The van der Waals surface area contributed by atoms with Crippen molar-refractivity contribution < 1.29 is 18.0 Å². The van der Waals surface area contributed by atoms with E-state index in [1.54, 1.807) is 12.3 Å². The van der Waals surface area contributed by atoms with Crippen molar-refractivity contribution in [3.8, 4) is 0 Å². The van der Waals surface area contributed by atoms with Crippen LogP contribution in [-0.4, -0.2) is 17.4 Å². The van der Waals surface area contributed by atoms with Crippen molar-refractivity contribution in [2.75, 3.05) is 11.9 Å². The van der Waals surface area contributed by atoms with Crippen molar-refractivity contribution >= 4 is 11.6 Å². The Morgan fingerprint density at radius 2 is 1.69 bits per heavy atom. The maximum atomic E-state index is 13.3. The Balaban J connectivity index is 1.68. The van der Waals surface area contributed by atoms with Gasteiger partial charge in [0.2, 0.25) is 5.91 Å². The lowest BCUT2D eigenvalue weighted by Gasteiger charge is -2.21. The number of anilines is 1. The first kappa shape index (κ1) is 17.8. The Hall–Kier alpha value is -2.99. The van der Waals surface area contributed by atoms with Crippen molar-refractivity contribution in [1.29, 1.82) is 0 Å². The molecule has 1 N–H and O–H groups in total. The first-order valence-electron chi connectivity index (χ1n) is 8.13. The zero-order valence-electron chi connectivity index (χ0n) is 14.0. The van der Waals surface area contributed by atoms with E-state index < -0.39 is 11.6 Å². The third-order valence-corrected chi connectivity index (χ3v) is 3.72. The fourth-order valence-corrected chi connectivity index (χ4v) is 2.66. The molecule has 1 heterocycles. The van der Waals surface area contributed by atoms with E-state index in [4.69, 9.17) is 4.42 Å². The van der Waals surface area contributed by atoms with Crippen molar-refractivity contribution in [3.05, 3.63) is 89.9 Å². The van der Waals surface area contributed by atoms with Crippen LogP contribution in [0.2, 0.25) is 0 Å². The monoisotopic (exact) mass is 356 g/mol. The summed E-state index contributed by atoms with van der Waals surface area (Å²) >= 11 is 0. The zero-order chi connectivity index (χ0) is 18.4. The number of hydrogen-bond donors (Lipinski definition) is 1. The molecule has 0 aliphatic heterocycles. The lowest BCUT2D eigenvalue weighted by Crippen LogP contribution is -2.32. The van der Waals surface area contributed by atoms with Gasteiger partial charge >= 0.3 is 0 Å². The Labute approximate surface area is 150 Å². The molecule has 0 fully saturated rings. The molecular weight excluding hydrogens is 338 g/mol. The number of hydrogen-bond acceptors (Lipinski definition) is 3. The lowest BCUT2D eigenvalue weighted by molar-refractivity contribution is -0.117. The van der Waals surface area contributed by atoms with Gasteiger partial charge in [0.1, 0.15) is 17.4 Å². The molecule has 0 aliphatic carbocycles. The van der Waals surface area contributed by atoms with Crippen LogP contribution in [0.4, 0.5) is 14.5 Å². The molecule has 0 radical (unpaired) electrons. The Morgan fingerprint density at radius 1 is 0.962 bits per heavy atom. The number of nitrogens with zero attached hydrogens (tertiary/aromatic N) is 1. The Kier molecular flexibility index (Phi) is 5.76. The van der Waals surface area contributed by atoms with E-state index in [0.29, 0.717) is 13.1 Å². The summed E-state index contributed by atoms with van der Waals surface area (Å²) in [5.41, 5.74) is 1.13. The quantitative estimate of drug-likeness (QED) is 0.690. The summed E-state index contributed by atoms with van der Waals surface area (Å²) in [5.74, 6) is -1.11. The van der Waals surface area contributed by atoms with Gasteiger partial charge in [0.25, 0.3) is 0 Å². The van der Waals surface area contributed by atoms with Gasteiger partial charge in [0.05, 0.1) is 19.4 Å². The third kappa shape index (κ3) is 5.26. The molecule has 0 spiro atoms. The molecule has 4 nitrogen and oxygen atoms in total. The third-order valence-electron chi connectivity index (χ3n) is 3.72. The van der Waals surface area contributed by atoms with Crippen LogP contribution in [-0.2, 0) is 17.9 Å². The van der Waals surface area contributed by atoms with Crippen LogP contribution in [0.15, 0.2) is 71.3 Å². The van der Waals surface area contributed by atoms with E-state index in [9.17, 15) is 13.6 Å². The molecule has 3 aromatic rings. The Morgan fingerprint density at radius 3 is 2.35 bits per heavy atom. The van der Waals surface area contributed by atoms with Gasteiger partial charge < -0.3 is 9.73 Å². The molecule has 0 atom stereocenters. The Bertz CT molecular complexity index is 831. The summed E-state index contributed by atoms with van der Waals surface area (Å²) in [7, 11) is 0. The summed E-state index contributed by atoms with van der Waals surface area (Å²) in [6.07, 6.45) is 1.58. The highest BCUT2D eigenvalue weighted by Crippen LogP contribution is 2.14. The second-order valence-corrected chi connectivity index (χ2v) is 5.92. The molecule has 0 unspecified atom stereocenters. The van der Waals surface area contributed by atoms with Crippen LogP contribution in [0, 0.1) is 11.6 Å². The highest BCUT2D eigenvalue weighted by Gasteiger charge is 2.14. The fourth-order valence-electron chi connectivity index (χ4n) is 2.66. The number of rotatable bonds is 7. The molecule has 1 amide bonds. The van der Waals surface area contributed by atoms with Crippen LogP contribution < -0.4 is 5.32 Å². The maximum Gasteiger partial charge on any atom is 0.238 e.